The number of hydrogen-bond acceptors (Lipinski definition) is 3. The van der Waals surface area contributed by atoms with Crippen molar-refractivity contribution in [2.75, 3.05) is 0 Å². The quantitative estimate of drug-likeness (QED) is 0.796. The molecule has 1 heterocycles. The first-order chi connectivity index (χ1) is 8.80. The van der Waals surface area contributed by atoms with Crippen LogP contribution in [-0.2, 0) is 9.59 Å². The van der Waals surface area contributed by atoms with Crippen molar-refractivity contribution in [3.05, 3.63) is 0 Å². The molecule has 4 heteroatoms. The molecule has 1 atom stereocenters. The molecule has 2 aliphatic rings. The molecule has 0 radical (unpaired) electrons. The highest BCUT2D eigenvalue weighted by atomic mass is 16.2. The van der Waals surface area contributed by atoms with Crippen molar-refractivity contribution in [2.24, 2.45) is 5.41 Å². The van der Waals surface area contributed by atoms with Crippen molar-refractivity contribution in [3.8, 4) is 0 Å². The van der Waals surface area contributed by atoms with Crippen LogP contribution in [0.3, 0.4) is 0 Å². The number of carbonyl (C=O) groups is 2. The lowest BCUT2D eigenvalue weighted by atomic mass is 9.75. The van der Waals surface area contributed by atoms with Gasteiger partial charge in [0.25, 0.3) is 0 Å². The molecule has 0 aromatic carbocycles. The Balaban J connectivity index is 1.91. The number of nitrogens with zero attached hydrogens (tertiary/aromatic N) is 1. The van der Waals surface area contributed by atoms with Gasteiger partial charge in [-0.3, -0.25) is 14.5 Å². The van der Waals surface area contributed by atoms with Crippen molar-refractivity contribution >= 4 is 11.8 Å². The highest BCUT2D eigenvalue weighted by molar-refractivity contribution is 6.05. The lowest BCUT2D eigenvalue weighted by molar-refractivity contribution is -0.140. The summed E-state index contributed by atoms with van der Waals surface area (Å²) in [5.74, 6) is -0.0709. The molecule has 108 valence electrons. The SMILES string of the molecule is CC(C)N1C(=O)CC(NC2CCC(C)(C)CC2)C1=O. The zero-order valence-electron chi connectivity index (χ0n) is 12.5. The molecular formula is C15H26N2O2. The van der Waals surface area contributed by atoms with E-state index in [0.29, 0.717) is 17.9 Å². The second-order valence-electron chi connectivity index (χ2n) is 7.06. The molecule has 0 bridgehead atoms. The number of hydrogen-bond donors (Lipinski definition) is 1. The van der Waals surface area contributed by atoms with Gasteiger partial charge in [-0.15, -0.1) is 0 Å². The van der Waals surface area contributed by atoms with Gasteiger partial charge in [0, 0.05) is 12.1 Å². The Morgan fingerprint density at radius 2 is 1.79 bits per heavy atom. The van der Waals surface area contributed by atoms with E-state index in [-0.39, 0.29) is 23.9 Å². The van der Waals surface area contributed by atoms with Crippen LogP contribution >= 0.6 is 0 Å². The number of rotatable bonds is 3. The highest BCUT2D eigenvalue weighted by Crippen LogP contribution is 2.35. The number of amides is 2. The van der Waals surface area contributed by atoms with Gasteiger partial charge in [-0.2, -0.15) is 0 Å². The Bertz CT molecular complexity index is 366. The van der Waals surface area contributed by atoms with Crippen LogP contribution in [0.5, 0.6) is 0 Å². The van der Waals surface area contributed by atoms with Crippen LogP contribution in [0, 0.1) is 5.41 Å². The first kappa shape index (κ1) is 14.5. The van der Waals surface area contributed by atoms with Crippen molar-refractivity contribution in [1.29, 1.82) is 0 Å². The summed E-state index contributed by atoms with van der Waals surface area (Å²) < 4.78 is 0. The lowest BCUT2D eigenvalue weighted by Gasteiger charge is -2.35. The van der Waals surface area contributed by atoms with Crippen LogP contribution < -0.4 is 5.32 Å². The van der Waals surface area contributed by atoms with Crippen LogP contribution in [0.2, 0.25) is 0 Å². The third-order valence-electron chi connectivity index (χ3n) is 4.48. The van der Waals surface area contributed by atoms with Crippen LogP contribution in [0.1, 0.15) is 59.8 Å². The van der Waals surface area contributed by atoms with E-state index in [2.05, 4.69) is 19.2 Å². The van der Waals surface area contributed by atoms with Crippen molar-refractivity contribution in [1.82, 2.24) is 10.2 Å². The number of imide groups is 1. The Labute approximate surface area is 115 Å². The third kappa shape index (κ3) is 3.16. The molecule has 0 spiro atoms. The van der Waals surface area contributed by atoms with Crippen molar-refractivity contribution < 1.29 is 9.59 Å². The largest absolute Gasteiger partial charge is 0.303 e. The monoisotopic (exact) mass is 266 g/mol. The number of likely N-dealkylation sites (tertiary alicyclic amines) is 1. The number of nitrogens with one attached hydrogen (secondary N) is 1. The van der Waals surface area contributed by atoms with E-state index in [9.17, 15) is 9.59 Å². The smallest absolute Gasteiger partial charge is 0.247 e. The first-order valence-electron chi connectivity index (χ1n) is 7.42. The van der Waals surface area contributed by atoms with Crippen molar-refractivity contribution in [3.63, 3.8) is 0 Å². The predicted molar refractivity (Wildman–Crippen MR) is 74.6 cm³/mol. The fourth-order valence-corrected chi connectivity index (χ4v) is 3.17. The highest BCUT2D eigenvalue weighted by Gasteiger charge is 2.41. The van der Waals surface area contributed by atoms with E-state index in [1.54, 1.807) is 0 Å². The predicted octanol–water partition coefficient (Wildman–Crippen LogP) is 2.08. The Morgan fingerprint density at radius 3 is 2.26 bits per heavy atom. The Hall–Kier alpha value is -0.900. The molecule has 1 saturated heterocycles. The molecule has 2 amide bonds. The molecule has 1 aliphatic heterocycles. The molecule has 1 N–H and O–H groups in total. The molecule has 4 nitrogen and oxygen atoms in total. The zero-order valence-corrected chi connectivity index (χ0v) is 12.5. The van der Waals surface area contributed by atoms with Gasteiger partial charge in [-0.1, -0.05) is 13.8 Å². The van der Waals surface area contributed by atoms with Crippen molar-refractivity contribution in [2.45, 2.75) is 77.9 Å². The topological polar surface area (TPSA) is 49.4 Å². The normalized spacial score (nSPS) is 28.5. The molecule has 19 heavy (non-hydrogen) atoms. The second kappa shape index (κ2) is 5.23. The average molecular weight is 266 g/mol. The van der Waals surface area contributed by atoms with Crippen LogP contribution in [0.15, 0.2) is 0 Å². The van der Waals surface area contributed by atoms with E-state index in [1.165, 1.54) is 17.7 Å². The van der Waals surface area contributed by atoms with Gasteiger partial charge in [-0.05, 0) is 44.9 Å². The summed E-state index contributed by atoms with van der Waals surface area (Å²) in [5.41, 5.74) is 0.428. The molecular weight excluding hydrogens is 240 g/mol. The summed E-state index contributed by atoms with van der Waals surface area (Å²) in [5, 5.41) is 3.41. The van der Waals surface area contributed by atoms with Crippen LogP contribution in [-0.4, -0.2) is 34.8 Å². The minimum Gasteiger partial charge on any atom is -0.303 e. The standard InChI is InChI=1S/C15H26N2O2/c1-10(2)17-13(18)9-12(14(17)19)16-11-5-7-15(3,4)8-6-11/h10-12,16H,5-9H2,1-4H3. The average Bonchev–Trinajstić information content (AvgIpc) is 2.57. The fraction of sp³-hybridized carbons (Fsp3) is 0.867. The van der Waals surface area contributed by atoms with Gasteiger partial charge < -0.3 is 5.32 Å². The van der Waals surface area contributed by atoms with Crippen LogP contribution in [0.25, 0.3) is 0 Å². The summed E-state index contributed by atoms with van der Waals surface area (Å²) in [6, 6.07) is 0.0695. The Kier molecular flexibility index (Phi) is 4.00. The zero-order chi connectivity index (χ0) is 14.2. The van der Waals surface area contributed by atoms with Gasteiger partial charge in [0.1, 0.15) is 0 Å². The first-order valence-corrected chi connectivity index (χ1v) is 7.42. The minimum atomic E-state index is -0.291. The molecule has 1 unspecified atom stereocenters. The summed E-state index contributed by atoms with van der Waals surface area (Å²) in [4.78, 5) is 25.5. The van der Waals surface area contributed by atoms with E-state index < -0.39 is 0 Å². The maximum Gasteiger partial charge on any atom is 0.247 e. The summed E-state index contributed by atoms with van der Waals surface area (Å²) in [6.07, 6.45) is 4.91. The minimum absolute atomic E-state index is 0.0305. The Morgan fingerprint density at radius 1 is 1.21 bits per heavy atom. The lowest BCUT2D eigenvalue weighted by Crippen LogP contribution is -2.46. The van der Waals surface area contributed by atoms with Gasteiger partial charge in [0.05, 0.1) is 12.5 Å². The third-order valence-corrected chi connectivity index (χ3v) is 4.48. The van der Waals surface area contributed by atoms with Gasteiger partial charge in [-0.25, -0.2) is 0 Å². The van der Waals surface area contributed by atoms with E-state index in [1.807, 2.05) is 13.8 Å². The summed E-state index contributed by atoms with van der Waals surface area (Å²) >= 11 is 0. The molecule has 1 aliphatic carbocycles. The maximum atomic E-state index is 12.2. The molecule has 0 aromatic rings. The van der Waals surface area contributed by atoms with Crippen LogP contribution in [0.4, 0.5) is 0 Å². The fourth-order valence-electron chi connectivity index (χ4n) is 3.17. The summed E-state index contributed by atoms with van der Waals surface area (Å²) in [7, 11) is 0. The van der Waals surface area contributed by atoms with E-state index >= 15 is 0 Å². The summed E-state index contributed by atoms with van der Waals surface area (Å²) in [6.45, 7) is 8.38. The molecule has 0 aromatic heterocycles. The number of carbonyl (C=O) groups excluding carboxylic acids is 2. The second-order valence-corrected chi connectivity index (χ2v) is 7.06. The maximum absolute atomic E-state index is 12.2. The van der Waals surface area contributed by atoms with Gasteiger partial charge in [0.2, 0.25) is 11.8 Å². The van der Waals surface area contributed by atoms with E-state index in [0.717, 1.165) is 12.8 Å². The molecule has 2 rings (SSSR count). The molecule has 2 fully saturated rings. The van der Waals surface area contributed by atoms with Gasteiger partial charge in [0.15, 0.2) is 0 Å². The van der Waals surface area contributed by atoms with Gasteiger partial charge >= 0.3 is 0 Å². The van der Waals surface area contributed by atoms with E-state index in [4.69, 9.17) is 0 Å². The molecule has 1 saturated carbocycles.